The van der Waals surface area contributed by atoms with Gasteiger partial charge in [0.25, 0.3) is 5.69 Å². The van der Waals surface area contributed by atoms with Gasteiger partial charge in [-0.2, -0.15) is 0 Å². The van der Waals surface area contributed by atoms with E-state index in [1.165, 1.54) is 6.07 Å². The van der Waals surface area contributed by atoms with E-state index in [0.717, 1.165) is 6.07 Å². The second-order valence-electron chi connectivity index (χ2n) is 3.94. The van der Waals surface area contributed by atoms with Crippen molar-refractivity contribution in [2.24, 2.45) is 0 Å². The highest BCUT2D eigenvalue weighted by atomic mass is 35.5. The first kappa shape index (κ1) is 13.2. The van der Waals surface area contributed by atoms with E-state index in [4.69, 9.17) is 11.6 Å². The van der Waals surface area contributed by atoms with Crippen LogP contribution in [0, 0.1) is 10.1 Å². The zero-order valence-electron chi connectivity index (χ0n) is 9.55. The molecule has 2 N–H and O–H groups in total. The van der Waals surface area contributed by atoms with Gasteiger partial charge in [0.2, 0.25) is 11.8 Å². The molecule has 2 heterocycles. The standard InChI is InChI=1S/C10H9ClN4O4/c11-7-3-5(15(18)19)4-8(13-7)12-6-1-2-9(16)14-10(6)17/h3-4,6H,1-2H2,(H,12,13)(H,14,16,17). The van der Waals surface area contributed by atoms with Crippen LogP contribution in [0.2, 0.25) is 5.15 Å². The van der Waals surface area contributed by atoms with Crippen molar-refractivity contribution in [3.8, 4) is 0 Å². The molecule has 1 saturated heterocycles. The van der Waals surface area contributed by atoms with Crippen molar-refractivity contribution in [2.75, 3.05) is 5.32 Å². The average molecular weight is 285 g/mol. The van der Waals surface area contributed by atoms with Gasteiger partial charge in [0.1, 0.15) is 17.0 Å². The summed E-state index contributed by atoms with van der Waals surface area (Å²) in [4.78, 5) is 36.4. The zero-order chi connectivity index (χ0) is 14.0. The third kappa shape index (κ3) is 3.16. The molecule has 9 heteroatoms. The summed E-state index contributed by atoms with van der Waals surface area (Å²) in [5.41, 5.74) is -0.227. The fourth-order valence-electron chi connectivity index (χ4n) is 1.67. The Labute approximate surface area is 112 Å². The lowest BCUT2D eigenvalue weighted by atomic mass is 10.1. The SMILES string of the molecule is O=C1CCC(Nc2cc([N+](=O)[O-])cc(Cl)n2)C(=O)N1. The number of halogens is 1. The molecule has 100 valence electrons. The molecule has 0 spiro atoms. The molecule has 0 radical (unpaired) electrons. The maximum atomic E-state index is 11.5. The number of anilines is 1. The van der Waals surface area contributed by atoms with Gasteiger partial charge >= 0.3 is 0 Å². The summed E-state index contributed by atoms with van der Waals surface area (Å²) in [6.45, 7) is 0. The fraction of sp³-hybridized carbons (Fsp3) is 0.300. The fourth-order valence-corrected chi connectivity index (χ4v) is 1.88. The first-order valence-electron chi connectivity index (χ1n) is 5.38. The summed E-state index contributed by atoms with van der Waals surface area (Å²) in [7, 11) is 0. The number of piperidine rings is 1. The lowest BCUT2D eigenvalue weighted by molar-refractivity contribution is -0.384. The molecule has 8 nitrogen and oxygen atoms in total. The lowest BCUT2D eigenvalue weighted by Gasteiger charge is -2.22. The number of aromatic nitrogens is 1. The zero-order valence-corrected chi connectivity index (χ0v) is 10.3. The Morgan fingerprint density at radius 3 is 2.84 bits per heavy atom. The van der Waals surface area contributed by atoms with Crippen LogP contribution in [-0.4, -0.2) is 27.8 Å². The molecule has 1 aliphatic rings. The monoisotopic (exact) mass is 284 g/mol. The Balaban J connectivity index is 2.17. The number of rotatable bonds is 3. The van der Waals surface area contributed by atoms with Crippen molar-refractivity contribution in [1.82, 2.24) is 10.3 Å². The van der Waals surface area contributed by atoms with E-state index in [0.29, 0.717) is 6.42 Å². The van der Waals surface area contributed by atoms with Crippen molar-refractivity contribution in [3.05, 3.63) is 27.4 Å². The van der Waals surface area contributed by atoms with Gasteiger partial charge in [0.15, 0.2) is 0 Å². The van der Waals surface area contributed by atoms with Crippen molar-refractivity contribution >= 4 is 34.9 Å². The number of nitrogens with zero attached hydrogens (tertiary/aromatic N) is 2. The molecule has 2 rings (SSSR count). The summed E-state index contributed by atoms with van der Waals surface area (Å²) in [6, 6.07) is 1.62. The molecule has 1 unspecified atom stereocenters. The number of amides is 2. The summed E-state index contributed by atoms with van der Waals surface area (Å²) < 4.78 is 0. The molecule has 1 aromatic rings. The second-order valence-corrected chi connectivity index (χ2v) is 4.33. The molecule has 0 aliphatic carbocycles. The molecule has 0 saturated carbocycles. The summed E-state index contributed by atoms with van der Waals surface area (Å²) in [5, 5.41) is 15.5. The van der Waals surface area contributed by atoms with E-state index in [-0.39, 0.29) is 29.0 Å². The van der Waals surface area contributed by atoms with E-state index in [1.807, 2.05) is 0 Å². The van der Waals surface area contributed by atoms with E-state index in [9.17, 15) is 19.7 Å². The second kappa shape index (κ2) is 5.19. The Hall–Kier alpha value is -2.22. The van der Waals surface area contributed by atoms with Crippen molar-refractivity contribution < 1.29 is 14.5 Å². The highest BCUT2D eigenvalue weighted by Gasteiger charge is 2.27. The van der Waals surface area contributed by atoms with Crippen LogP contribution in [0.1, 0.15) is 12.8 Å². The van der Waals surface area contributed by atoms with Crippen LogP contribution in [-0.2, 0) is 9.59 Å². The molecule has 1 atom stereocenters. The quantitative estimate of drug-likeness (QED) is 0.368. The Morgan fingerprint density at radius 1 is 1.47 bits per heavy atom. The van der Waals surface area contributed by atoms with Gasteiger partial charge in [-0.05, 0) is 6.42 Å². The minimum Gasteiger partial charge on any atom is -0.358 e. The Bertz CT molecular complexity index is 562. The molecule has 0 aromatic carbocycles. The number of pyridine rings is 1. The third-order valence-corrected chi connectivity index (χ3v) is 2.74. The molecule has 1 aliphatic heterocycles. The maximum absolute atomic E-state index is 11.5. The molecule has 19 heavy (non-hydrogen) atoms. The number of hydrogen-bond donors (Lipinski definition) is 2. The minimum atomic E-state index is -0.664. The van der Waals surface area contributed by atoms with Crippen LogP contribution in [0.4, 0.5) is 11.5 Å². The molecular weight excluding hydrogens is 276 g/mol. The Kier molecular flexibility index (Phi) is 3.61. The normalized spacial score (nSPS) is 18.9. The molecule has 2 amide bonds. The van der Waals surface area contributed by atoms with Crippen LogP contribution in [0.25, 0.3) is 0 Å². The number of carbonyl (C=O) groups excluding carboxylic acids is 2. The van der Waals surface area contributed by atoms with Crippen LogP contribution in [0.15, 0.2) is 12.1 Å². The van der Waals surface area contributed by atoms with Gasteiger partial charge in [0.05, 0.1) is 17.1 Å². The van der Waals surface area contributed by atoms with Gasteiger partial charge in [-0.15, -0.1) is 0 Å². The summed E-state index contributed by atoms with van der Waals surface area (Å²) >= 11 is 5.66. The summed E-state index contributed by atoms with van der Waals surface area (Å²) in [5.74, 6) is -0.706. The highest BCUT2D eigenvalue weighted by molar-refractivity contribution is 6.29. The molecule has 0 bridgehead atoms. The van der Waals surface area contributed by atoms with Crippen molar-refractivity contribution in [1.29, 1.82) is 0 Å². The predicted octanol–water partition coefficient (Wildman–Crippen LogP) is 0.860. The van der Waals surface area contributed by atoms with Gasteiger partial charge in [-0.3, -0.25) is 25.0 Å². The lowest BCUT2D eigenvalue weighted by Crippen LogP contribution is -2.47. The van der Waals surface area contributed by atoms with E-state index >= 15 is 0 Å². The van der Waals surface area contributed by atoms with Gasteiger partial charge < -0.3 is 5.32 Å². The van der Waals surface area contributed by atoms with Crippen LogP contribution >= 0.6 is 11.6 Å². The van der Waals surface area contributed by atoms with Crippen LogP contribution in [0.3, 0.4) is 0 Å². The van der Waals surface area contributed by atoms with Gasteiger partial charge in [0, 0.05) is 6.42 Å². The van der Waals surface area contributed by atoms with E-state index in [1.54, 1.807) is 0 Å². The van der Waals surface area contributed by atoms with Crippen LogP contribution in [0.5, 0.6) is 0 Å². The first-order valence-corrected chi connectivity index (χ1v) is 5.76. The van der Waals surface area contributed by atoms with Crippen molar-refractivity contribution in [3.63, 3.8) is 0 Å². The number of hydrogen-bond acceptors (Lipinski definition) is 6. The summed E-state index contributed by atoms with van der Waals surface area (Å²) in [6.07, 6.45) is 0.499. The van der Waals surface area contributed by atoms with E-state index < -0.39 is 16.9 Å². The molecule has 1 aromatic heterocycles. The number of nitrogens with one attached hydrogen (secondary N) is 2. The third-order valence-electron chi connectivity index (χ3n) is 2.55. The topological polar surface area (TPSA) is 114 Å². The predicted molar refractivity (Wildman–Crippen MR) is 65.7 cm³/mol. The maximum Gasteiger partial charge on any atom is 0.276 e. The number of carbonyl (C=O) groups is 2. The molecular formula is C10H9ClN4O4. The largest absolute Gasteiger partial charge is 0.358 e. The van der Waals surface area contributed by atoms with Gasteiger partial charge in [-0.25, -0.2) is 4.98 Å². The van der Waals surface area contributed by atoms with Crippen molar-refractivity contribution in [2.45, 2.75) is 18.9 Å². The Morgan fingerprint density at radius 2 is 2.21 bits per heavy atom. The molecule has 1 fully saturated rings. The average Bonchev–Trinajstić information content (AvgIpc) is 2.32. The minimum absolute atomic E-state index is 0.0519. The smallest absolute Gasteiger partial charge is 0.276 e. The van der Waals surface area contributed by atoms with Crippen LogP contribution < -0.4 is 10.6 Å². The van der Waals surface area contributed by atoms with E-state index in [2.05, 4.69) is 15.6 Å². The number of nitro groups is 1. The number of imide groups is 1. The highest BCUT2D eigenvalue weighted by Crippen LogP contribution is 2.22. The van der Waals surface area contributed by atoms with Gasteiger partial charge in [-0.1, -0.05) is 11.6 Å². The first-order chi connectivity index (χ1) is 8.95.